The Kier molecular flexibility index (Phi) is 4.26. The van der Waals surface area contributed by atoms with Crippen molar-refractivity contribution in [2.24, 2.45) is 0 Å². The second kappa shape index (κ2) is 6.12. The first-order chi connectivity index (χ1) is 9.19. The van der Waals surface area contributed by atoms with Gasteiger partial charge in [0, 0.05) is 11.0 Å². The number of nitriles is 1. The molecule has 1 heterocycles. The molecule has 0 aliphatic heterocycles. The first-order valence-corrected chi connectivity index (χ1v) is 6.38. The van der Waals surface area contributed by atoms with Gasteiger partial charge in [0.05, 0.1) is 0 Å². The Hall–Kier alpha value is -2.19. The van der Waals surface area contributed by atoms with E-state index in [1.165, 1.54) is 0 Å². The topological polar surface area (TPSA) is 65.8 Å². The van der Waals surface area contributed by atoms with E-state index in [-0.39, 0.29) is 17.3 Å². The van der Waals surface area contributed by atoms with Crippen molar-refractivity contribution in [1.82, 2.24) is 10.3 Å². The van der Waals surface area contributed by atoms with Crippen LogP contribution in [0.5, 0.6) is 0 Å². The lowest BCUT2D eigenvalue weighted by atomic mass is 10.2. The van der Waals surface area contributed by atoms with E-state index in [9.17, 15) is 4.79 Å². The Morgan fingerprint density at radius 1 is 1.32 bits per heavy atom. The van der Waals surface area contributed by atoms with Crippen molar-refractivity contribution in [3.05, 3.63) is 63.9 Å². The minimum Gasteiger partial charge on any atom is -0.347 e. The summed E-state index contributed by atoms with van der Waals surface area (Å²) >= 11 is 3.37. The summed E-state index contributed by atoms with van der Waals surface area (Å²) in [5, 5.41) is 11.5. The van der Waals surface area contributed by atoms with Crippen LogP contribution in [-0.4, -0.2) is 10.9 Å². The van der Waals surface area contributed by atoms with Crippen molar-refractivity contribution in [2.75, 3.05) is 0 Å². The normalized spacial score (nSPS) is 9.68. The van der Waals surface area contributed by atoms with E-state index in [1.54, 1.807) is 18.2 Å². The molecule has 0 atom stereocenters. The van der Waals surface area contributed by atoms with Crippen molar-refractivity contribution < 1.29 is 4.79 Å². The molecule has 94 valence electrons. The van der Waals surface area contributed by atoms with Gasteiger partial charge in [-0.2, -0.15) is 5.26 Å². The third-order valence-corrected chi connectivity index (χ3v) is 2.93. The summed E-state index contributed by atoms with van der Waals surface area (Å²) in [7, 11) is 0. The number of nitrogens with zero attached hydrogens (tertiary/aromatic N) is 2. The summed E-state index contributed by atoms with van der Waals surface area (Å²) in [5.41, 5.74) is 1.46. The maximum Gasteiger partial charge on any atom is 0.270 e. The van der Waals surface area contributed by atoms with Gasteiger partial charge in [0.25, 0.3) is 5.91 Å². The molecule has 1 aromatic carbocycles. The van der Waals surface area contributed by atoms with E-state index < -0.39 is 0 Å². The molecule has 0 saturated heterocycles. The average molecular weight is 316 g/mol. The summed E-state index contributed by atoms with van der Waals surface area (Å²) in [5.74, 6) is -0.294. The van der Waals surface area contributed by atoms with Crippen LogP contribution in [0.2, 0.25) is 0 Å². The molecule has 0 aliphatic rings. The quantitative estimate of drug-likeness (QED) is 0.946. The lowest BCUT2D eigenvalue weighted by Crippen LogP contribution is -2.23. The fourth-order valence-electron chi connectivity index (χ4n) is 1.54. The third kappa shape index (κ3) is 3.63. The second-order valence-electron chi connectivity index (χ2n) is 3.83. The monoisotopic (exact) mass is 315 g/mol. The van der Waals surface area contributed by atoms with Crippen LogP contribution in [0.15, 0.2) is 46.9 Å². The van der Waals surface area contributed by atoms with Crippen LogP contribution < -0.4 is 5.32 Å². The number of nitrogens with one attached hydrogen (secondary N) is 1. The van der Waals surface area contributed by atoms with Crippen molar-refractivity contribution in [1.29, 1.82) is 5.26 Å². The molecule has 0 fully saturated rings. The minimum atomic E-state index is -0.294. The fraction of sp³-hybridized carbons (Fsp3) is 0.0714. The number of amides is 1. The fourth-order valence-corrected chi connectivity index (χ4v) is 1.99. The van der Waals surface area contributed by atoms with Crippen LogP contribution in [0.3, 0.4) is 0 Å². The first-order valence-electron chi connectivity index (χ1n) is 5.59. The molecule has 0 radical (unpaired) electrons. The van der Waals surface area contributed by atoms with E-state index in [1.807, 2.05) is 30.3 Å². The largest absolute Gasteiger partial charge is 0.347 e. The van der Waals surface area contributed by atoms with Gasteiger partial charge in [-0.3, -0.25) is 4.79 Å². The Balaban J connectivity index is 2.03. The van der Waals surface area contributed by atoms with Crippen molar-refractivity contribution in [3.63, 3.8) is 0 Å². The van der Waals surface area contributed by atoms with Crippen LogP contribution in [-0.2, 0) is 6.54 Å². The molecule has 1 amide bonds. The van der Waals surface area contributed by atoms with Gasteiger partial charge in [0.1, 0.15) is 17.5 Å². The van der Waals surface area contributed by atoms with Crippen LogP contribution in [0.25, 0.3) is 0 Å². The molecule has 1 aromatic heterocycles. The van der Waals surface area contributed by atoms with Gasteiger partial charge < -0.3 is 5.32 Å². The zero-order valence-corrected chi connectivity index (χ0v) is 11.5. The average Bonchev–Trinajstić information content (AvgIpc) is 2.45. The van der Waals surface area contributed by atoms with Crippen molar-refractivity contribution in [3.8, 4) is 6.07 Å². The molecule has 0 aliphatic carbocycles. The van der Waals surface area contributed by atoms with Gasteiger partial charge in [-0.15, -0.1) is 0 Å². The van der Waals surface area contributed by atoms with Gasteiger partial charge in [-0.25, -0.2) is 4.98 Å². The highest BCUT2D eigenvalue weighted by Crippen LogP contribution is 2.11. The minimum absolute atomic E-state index is 0.232. The number of halogens is 1. The van der Waals surface area contributed by atoms with E-state index in [2.05, 4.69) is 26.2 Å². The van der Waals surface area contributed by atoms with E-state index in [4.69, 9.17) is 5.26 Å². The number of hydrogen-bond donors (Lipinski definition) is 1. The standard InChI is InChI=1S/C14H10BrN3O/c15-11-4-1-3-10(7-11)9-17-14(19)13-6-2-5-12(8-16)18-13/h1-7H,9H2,(H,17,19). The van der Waals surface area contributed by atoms with Crippen LogP contribution in [0, 0.1) is 11.3 Å². The third-order valence-electron chi connectivity index (χ3n) is 2.44. The first kappa shape index (κ1) is 13.2. The molecule has 19 heavy (non-hydrogen) atoms. The van der Waals surface area contributed by atoms with Crippen molar-refractivity contribution >= 4 is 21.8 Å². The van der Waals surface area contributed by atoms with Crippen LogP contribution in [0.4, 0.5) is 0 Å². The molecule has 4 nitrogen and oxygen atoms in total. The smallest absolute Gasteiger partial charge is 0.270 e. The number of rotatable bonds is 3. The maximum absolute atomic E-state index is 11.9. The molecule has 0 bridgehead atoms. The molecule has 0 saturated carbocycles. The molecule has 2 aromatic rings. The maximum atomic E-state index is 11.9. The SMILES string of the molecule is N#Cc1cccc(C(=O)NCc2cccc(Br)c2)n1. The van der Waals surface area contributed by atoms with Crippen LogP contribution >= 0.6 is 15.9 Å². The van der Waals surface area contributed by atoms with Crippen LogP contribution in [0.1, 0.15) is 21.7 Å². The summed E-state index contributed by atoms with van der Waals surface area (Å²) in [4.78, 5) is 15.8. The highest BCUT2D eigenvalue weighted by atomic mass is 79.9. The summed E-state index contributed by atoms with van der Waals surface area (Å²) in [6.45, 7) is 0.413. The number of benzene rings is 1. The molecule has 5 heteroatoms. The number of carbonyl (C=O) groups is 1. The predicted molar refractivity (Wildman–Crippen MR) is 74.3 cm³/mol. The van der Waals surface area contributed by atoms with Crippen molar-refractivity contribution in [2.45, 2.75) is 6.54 Å². The number of carbonyl (C=O) groups excluding carboxylic acids is 1. The Bertz CT molecular complexity index is 649. The highest BCUT2D eigenvalue weighted by Gasteiger charge is 2.07. The van der Waals surface area contributed by atoms with E-state index in [0.717, 1.165) is 10.0 Å². The zero-order chi connectivity index (χ0) is 13.7. The molecule has 1 N–H and O–H groups in total. The molecule has 0 unspecified atom stereocenters. The number of pyridine rings is 1. The van der Waals surface area contributed by atoms with E-state index >= 15 is 0 Å². The Morgan fingerprint density at radius 3 is 2.84 bits per heavy atom. The number of aromatic nitrogens is 1. The molecule has 2 rings (SSSR count). The van der Waals surface area contributed by atoms with E-state index in [0.29, 0.717) is 6.54 Å². The number of hydrogen-bond acceptors (Lipinski definition) is 3. The van der Waals surface area contributed by atoms with Gasteiger partial charge in [-0.1, -0.05) is 34.1 Å². The van der Waals surface area contributed by atoms with Gasteiger partial charge in [0.15, 0.2) is 0 Å². The lowest BCUT2D eigenvalue weighted by Gasteiger charge is -2.05. The molecular weight excluding hydrogens is 306 g/mol. The highest BCUT2D eigenvalue weighted by molar-refractivity contribution is 9.10. The van der Waals surface area contributed by atoms with Gasteiger partial charge in [-0.05, 0) is 29.8 Å². The summed E-state index contributed by atoms with van der Waals surface area (Å²) < 4.78 is 0.962. The lowest BCUT2D eigenvalue weighted by molar-refractivity contribution is 0.0946. The zero-order valence-electron chi connectivity index (χ0n) is 9.93. The molecule has 0 spiro atoms. The second-order valence-corrected chi connectivity index (χ2v) is 4.75. The predicted octanol–water partition coefficient (Wildman–Crippen LogP) is 2.65. The summed E-state index contributed by atoms with van der Waals surface area (Å²) in [6, 6.07) is 14.4. The Morgan fingerprint density at radius 2 is 2.11 bits per heavy atom. The Labute approximate surface area is 119 Å². The molecular formula is C14H10BrN3O. The van der Waals surface area contributed by atoms with Gasteiger partial charge >= 0.3 is 0 Å². The summed E-state index contributed by atoms with van der Waals surface area (Å²) in [6.07, 6.45) is 0. The van der Waals surface area contributed by atoms with Gasteiger partial charge in [0.2, 0.25) is 0 Å².